The first kappa shape index (κ1) is 12.9. The van der Waals surface area contributed by atoms with Crippen LogP contribution in [0.3, 0.4) is 0 Å². The molecule has 15 heavy (non-hydrogen) atoms. The summed E-state index contributed by atoms with van der Waals surface area (Å²) in [5.41, 5.74) is 0. The van der Waals surface area contributed by atoms with Gasteiger partial charge in [0.2, 0.25) is 0 Å². The number of piperazine rings is 1. The molecule has 3 nitrogen and oxygen atoms in total. The van der Waals surface area contributed by atoms with Gasteiger partial charge in [-0.1, -0.05) is 20.3 Å². The van der Waals surface area contributed by atoms with E-state index in [1.165, 1.54) is 26.1 Å². The molecule has 0 aromatic heterocycles. The first-order valence-corrected chi connectivity index (χ1v) is 6.39. The van der Waals surface area contributed by atoms with Crippen LogP contribution in [0.15, 0.2) is 0 Å². The fraction of sp³-hybridized carbons (Fsp3) is 1.00. The normalized spacial score (nSPS) is 21.8. The molecule has 1 N–H and O–H groups in total. The van der Waals surface area contributed by atoms with Crippen molar-refractivity contribution >= 4 is 0 Å². The van der Waals surface area contributed by atoms with Crippen molar-refractivity contribution in [2.45, 2.75) is 39.2 Å². The number of hydrogen-bond donors (Lipinski definition) is 1. The number of β-amino-alcohol motifs (C(OH)–C–C–N with tert-alkyl or cyclic N) is 1. The van der Waals surface area contributed by atoms with E-state index in [1.807, 2.05) is 0 Å². The van der Waals surface area contributed by atoms with Crippen molar-refractivity contribution in [3.63, 3.8) is 0 Å². The maximum absolute atomic E-state index is 9.72. The summed E-state index contributed by atoms with van der Waals surface area (Å²) in [5.74, 6) is 0. The summed E-state index contributed by atoms with van der Waals surface area (Å²) < 4.78 is 0. The Bertz CT molecular complexity index is 156. The van der Waals surface area contributed by atoms with Gasteiger partial charge in [0, 0.05) is 32.7 Å². The summed E-state index contributed by atoms with van der Waals surface area (Å²) in [4.78, 5) is 4.91. The van der Waals surface area contributed by atoms with Crippen LogP contribution >= 0.6 is 0 Å². The number of rotatable bonds is 6. The maximum Gasteiger partial charge on any atom is 0.0667 e. The minimum absolute atomic E-state index is 0.118. The van der Waals surface area contributed by atoms with E-state index in [2.05, 4.69) is 23.6 Å². The highest BCUT2D eigenvalue weighted by Gasteiger charge is 2.17. The third-order valence-corrected chi connectivity index (χ3v) is 3.10. The summed E-state index contributed by atoms with van der Waals surface area (Å²) in [6.07, 6.45) is 3.15. The van der Waals surface area contributed by atoms with Crippen LogP contribution < -0.4 is 0 Å². The molecule has 0 radical (unpaired) electrons. The van der Waals surface area contributed by atoms with E-state index in [0.29, 0.717) is 0 Å². The predicted molar refractivity (Wildman–Crippen MR) is 64.1 cm³/mol. The van der Waals surface area contributed by atoms with Gasteiger partial charge in [0.05, 0.1) is 6.10 Å². The van der Waals surface area contributed by atoms with Crippen LogP contribution in [-0.2, 0) is 0 Å². The SMILES string of the molecule is CCCC(O)CN1CCN(CCC)CC1. The van der Waals surface area contributed by atoms with E-state index in [9.17, 15) is 5.11 Å². The molecule has 1 aliphatic heterocycles. The molecular weight excluding hydrogens is 188 g/mol. The summed E-state index contributed by atoms with van der Waals surface area (Å²) in [7, 11) is 0. The third-order valence-electron chi connectivity index (χ3n) is 3.10. The average molecular weight is 214 g/mol. The molecule has 1 aliphatic rings. The highest BCUT2D eigenvalue weighted by Crippen LogP contribution is 2.05. The van der Waals surface area contributed by atoms with Crippen molar-refractivity contribution in [1.82, 2.24) is 9.80 Å². The van der Waals surface area contributed by atoms with Gasteiger partial charge in [0.1, 0.15) is 0 Å². The first-order chi connectivity index (χ1) is 7.26. The van der Waals surface area contributed by atoms with Gasteiger partial charge in [0.25, 0.3) is 0 Å². The topological polar surface area (TPSA) is 26.7 Å². The number of hydrogen-bond acceptors (Lipinski definition) is 3. The van der Waals surface area contributed by atoms with E-state index in [0.717, 1.165) is 32.5 Å². The average Bonchev–Trinajstić information content (AvgIpc) is 2.22. The van der Waals surface area contributed by atoms with Crippen LogP contribution in [0.25, 0.3) is 0 Å². The Morgan fingerprint density at radius 3 is 2.13 bits per heavy atom. The van der Waals surface area contributed by atoms with Gasteiger partial charge >= 0.3 is 0 Å². The van der Waals surface area contributed by atoms with Crippen molar-refractivity contribution in [1.29, 1.82) is 0 Å². The molecule has 3 heteroatoms. The quantitative estimate of drug-likeness (QED) is 0.719. The van der Waals surface area contributed by atoms with Crippen LogP contribution in [0.5, 0.6) is 0 Å². The molecule has 90 valence electrons. The van der Waals surface area contributed by atoms with Gasteiger partial charge in [-0.05, 0) is 19.4 Å². The number of nitrogens with zero attached hydrogens (tertiary/aromatic N) is 2. The Kier molecular flexibility index (Phi) is 6.22. The molecule has 0 aliphatic carbocycles. The highest BCUT2D eigenvalue weighted by molar-refractivity contribution is 4.73. The second kappa shape index (κ2) is 7.20. The molecule has 0 spiro atoms. The van der Waals surface area contributed by atoms with Crippen LogP contribution in [0.1, 0.15) is 33.1 Å². The molecule has 1 unspecified atom stereocenters. The van der Waals surface area contributed by atoms with Crippen LogP contribution in [0.2, 0.25) is 0 Å². The minimum Gasteiger partial charge on any atom is -0.392 e. The molecule has 0 aromatic carbocycles. The molecule has 0 saturated carbocycles. The van der Waals surface area contributed by atoms with Gasteiger partial charge in [-0.15, -0.1) is 0 Å². The molecule has 0 aromatic rings. The highest BCUT2D eigenvalue weighted by atomic mass is 16.3. The predicted octanol–water partition coefficient (Wildman–Crippen LogP) is 1.17. The lowest BCUT2D eigenvalue weighted by molar-refractivity contribution is 0.0684. The standard InChI is InChI=1S/C12H26N2O/c1-3-5-12(15)11-14-9-7-13(6-4-2)8-10-14/h12,15H,3-11H2,1-2H3. The van der Waals surface area contributed by atoms with E-state index < -0.39 is 0 Å². The van der Waals surface area contributed by atoms with Crippen molar-refractivity contribution < 1.29 is 5.11 Å². The lowest BCUT2D eigenvalue weighted by Crippen LogP contribution is -2.48. The van der Waals surface area contributed by atoms with Gasteiger partial charge < -0.3 is 10.0 Å². The molecule has 1 saturated heterocycles. The van der Waals surface area contributed by atoms with Crippen LogP contribution in [0.4, 0.5) is 0 Å². The fourth-order valence-corrected chi connectivity index (χ4v) is 2.23. The maximum atomic E-state index is 9.72. The zero-order valence-electron chi connectivity index (χ0n) is 10.3. The molecule has 1 heterocycles. The molecule has 1 atom stereocenters. The van der Waals surface area contributed by atoms with Crippen molar-refractivity contribution in [3.05, 3.63) is 0 Å². The van der Waals surface area contributed by atoms with Crippen molar-refractivity contribution in [2.75, 3.05) is 39.3 Å². The molecule has 0 amide bonds. The van der Waals surface area contributed by atoms with Crippen LogP contribution in [-0.4, -0.2) is 60.3 Å². The second-order valence-electron chi connectivity index (χ2n) is 4.58. The van der Waals surface area contributed by atoms with Gasteiger partial charge in [-0.25, -0.2) is 0 Å². The van der Waals surface area contributed by atoms with E-state index in [1.54, 1.807) is 0 Å². The zero-order chi connectivity index (χ0) is 11.1. The van der Waals surface area contributed by atoms with E-state index in [4.69, 9.17) is 0 Å². The zero-order valence-corrected chi connectivity index (χ0v) is 10.3. The summed E-state index contributed by atoms with van der Waals surface area (Å²) in [5, 5.41) is 9.72. The molecule has 1 rings (SSSR count). The smallest absolute Gasteiger partial charge is 0.0667 e. The van der Waals surface area contributed by atoms with Gasteiger partial charge in [-0.3, -0.25) is 4.90 Å². The Hall–Kier alpha value is -0.120. The lowest BCUT2D eigenvalue weighted by atomic mass is 10.2. The molecule has 1 fully saturated rings. The van der Waals surface area contributed by atoms with Crippen molar-refractivity contribution in [2.24, 2.45) is 0 Å². The van der Waals surface area contributed by atoms with Crippen LogP contribution in [0, 0.1) is 0 Å². The third kappa shape index (κ3) is 4.96. The first-order valence-electron chi connectivity index (χ1n) is 6.39. The summed E-state index contributed by atoms with van der Waals surface area (Å²) >= 11 is 0. The van der Waals surface area contributed by atoms with Crippen molar-refractivity contribution in [3.8, 4) is 0 Å². The Morgan fingerprint density at radius 1 is 1.00 bits per heavy atom. The Balaban J connectivity index is 2.14. The second-order valence-corrected chi connectivity index (χ2v) is 4.58. The largest absolute Gasteiger partial charge is 0.392 e. The summed E-state index contributed by atoms with van der Waals surface area (Å²) in [6, 6.07) is 0. The van der Waals surface area contributed by atoms with Gasteiger partial charge in [0.15, 0.2) is 0 Å². The lowest BCUT2D eigenvalue weighted by Gasteiger charge is -2.35. The Morgan fingerprint density at radius 2 is 1.60 bits per heavy atom. The monoisotopic (exact) mass is 214 g/mol. The minimum atomic E-state index is -0.118. The van der Waals surface area contributed by atoms with E-state index >= 15 is 0 Å². The summed E-state index contributed by atoms with van der Waals surface area (Å²) in [6.45, 7) is 11.1. The Labute approximate surface area is 94.1 Å². The number of aliphatic hydroxyl groups excluding tert-OH is 1. The number of aliphatic hydroxyl groups is 1. The molecular formula is C12H26N2O. The van der Waals surface area contributed by atoms with E-state index in [-0.39, 0.29) is 6.10 Å². The fourth-order valence-electron chi connectivity index (χ4n) is 2.23. The molecule has 0 bridgehead atoms. The van der Waals surface area contributed by atoms with Gasteiger partial charge in [-0.2, -0.15) is 0 Å².